The maximum atomic E-state index is 11.9. The minimum absolute atomic E-state index is 0.0912. The molecule has 0 spiro atoms. The highest BCUT2D eigenvalue weighted by molar-refractivity contribution is 5.93. The lowest BCUT2D eigenvalue weighted by Gasteiger charge is -2.12. The summed E-state index contributed by atoms with van der Waals surface area (Å²) in [6.45, 7) is 5.28. The molecule has 0 aliphatic rings. The van der Waals surface area contributed by atoms with E-state index in [2.05, 4.69) is 5.32 Å². The van der Waals surface area contributed by atoms with Crippen molar-refractivity contribution in [3.8, 4) is 0 Å². The fraction of sp³-hybridized carbons (Fsp3) is 0.583. The standard InChI is InChI=1S/C12H21N3O2/c1-9(2)15-8-10(13)7-11(15)12(16)14-5-4-6-17-3/h7-9H,4-6,13H2,1-3H3,(H,14,16). The van der Waals surface area contributed by atoms with Gasteiger partial charge < -0.3 is 20.4 Å². The van der Waals surface area contributed by atoms with E-state index in [0.29, 0.717) is 24.5 Å². The van der Waals surface area contributed by atoms with Gasteiger partial charge in [-0.25, -0.2) is 0 Å². The topological polar surface area (TPSA) is 69.3 Å². The number of carbonyl (C=O) groups excluding carboxylic acids is 1. The van der Waals surface area contributed by atoms with Crippen molar-refractivity contribution in [3.05, 3.63) is 18.0 Å². The van der Waals surface area contributed by atoms with E-state index in [1.807, 2.05) is 18.4 Å². The number of nitrogen functional groups attached to an aromatic ring is 1. The van der Waals surface area contributed by atoms with Crippen LogP contribution in [-0.2, 0) is 4.74 Å². The zero-order valence-electron chi connectivity index (χ0n) is 10.7. The fourth-order valence-corrected chi connectivity index (χ4v) is 1.62. The predicted molar refractivity (Wildman–Crippen MR) is 68.1 cm³/mol. The molecule has 5 nitrogen and oxygen atoms in total. The number of aromatic nitrogens is 1. The average molecular weight is 239 g/mol. The summed E-state index contributed by atoms with van der Waals surface area (Å²) < 4.78 is 6.79. The number of carbonyl (C=O) groups is 1. The number of methoxy groups -OCH3 is 1. The number of hydrogen-bond acceptors (Lipinski definition) is 3. The van der Waals surface area contributed by atoms with Crippen LogP contribution in [0.25, 0.3) is 0 Å². The van der Waals surface area contributed by atoms with Gasteiger partial charge in [0.05, 0.1) is 5.69 Å². The van der Waals surface area contributed by atoms with E-state index in [1.165, 1.54) is 0 Å². The normalized spacial score (nSPS) is 10.8. The SMILES string of the molecule is COCCCNC(=O)c1cc(N)cn1C(C)C. The molecule has 0 aromatic carbocycles. The van der Waals surface area contributed by atoms with Gasteiger partial charge in [0.15, 0.2) is 0 Å². The number of nitrogens with zero attached hydrogens (tertiary/aromatic N) is 1. The van der Waals surface area contributed by atoms with Crippen LogP contribution in [-0.4, -0.2) is 30.7 Å². The Balaban J connectivity index is 2.62. The fourth-order valence-electron chi connectivity index (χ4n) is 1.62. The van der Waals surface area contributed by atoms with Crippen molar-refractivity contribution >= 4 is 11.6 Å². The number of amides is 1. The van der Waals surface area contributed by atoms with E-state index in [1.54, 1.807) is 19.4 Å². The summed E-state index contributed by atoms with van der Waals surface area (Å²) in [4.78, 5) is 11.9. The van der Waals surface area contributed by atoms with Crippen LogP contribution in [0.5, 0.6) is 0 Å². The molecule has 1 aromatic heterocycles. The smallest absolute Gasteiger partial charge is 0.267 e. The van der Waals surface area contributed by atoms with E-state index in [-0.39, 0.29) is 11.9 Å². The van der Waals surface area contributed by atoms with E-state index >= 15 is 0 Å². The molecule has 3 N–H and O–H groups in total. The molecule has 17 heavy (non-hydrogen) atoms. The first-order valence-electron chi connectivity index (χ1n) is 5.80. The van der Waals surface area contributed by atoms with Crippen LogP contribution in [0.4, 0.5) is 5.69 Å². The zero-order chi connectivity index (χ0) is 12.8. The molecule has 0 atom stereocenters. The van der Waals surface area contributed by atoms with Gasteiger partial charge in [-0.2, -0.15) is 0 Å². The molecule has 0 aliphatic carbocycles. The second-order valence-electron chi connectivity index (χ2n) is 4.26. The van der Waals surface area contributed by atoms with Gasteiger partial charge in [-0.3, -0.25) is 4.79 Å². The average Bonchev–Trinajstić information content (AvgIpc) is 2.66. The minimum atomic E-state index is -0.0912. The van der Waals surface area contributed by atoms with E-state index in [4.69, 9.17) is 10.5 Å². The Kier molecular flexibility index (Phi) is 5.03. The Bertz CT molecular complexity index is 372. The molecule has 0 radical (unpaired) electrons. The number of rotatable bonds is 6. The maximum Gasteiger partial charge on any atom is 0.267 e. The van der Waals surface area contributed by atoms with Gasteiger partial charge in [0.2, 0.25) is 0 Å². The molecule has 0 saturated carbocycles. The Morgan fingerprint density at radius 3 is 2.88 bits per heavy atom. The quantitative estimate of drug-likeness (QED) is 0.738. The van der Waals surface area contributed by atoms with Crippen molar-refractivity contribution in [3.63, 3.8) is 0 Å². The predicted octanol–water partition coefficient (Wildman–Crippen LogP) is 1.42. The molecule has 1 amide bonds. The lowest BCUT2D eigenvalue weighted by molar-refractivity contribution is 0.0938. The van der Waals surface area contributed by atoms with Crippen molar-refractivity contribution in [2.45, 2.75) is 26.3 Å². The van der Waals surface area contributed by atoms with Crippen molar-refractivity contribution < 1.29 is 9.53 Å². The third-order valence-corrected chi connectivity index (χ3v) is 2.47. The highest BCUT2D eigenvalue weighted by Gasteiger charge is 2.13. The van der Waals surface area contributed by atoms with Crippen molar-refractivity contribution in [1.82, 2.24) is 9.88 Å². The molecule has 0 fully saturated rings. The van der Waals surface area contributed by atoms with E-state index in [9.17, 15) is 4.79 Å². The molecule has 0 unspecified atom stereocenters. The molecule has 0 aliphatic heterocycles. The lowest BCUT2D eigenvalue weighted by atomic mass is 10.3. The summed E-state index contributed by atoms with van der Waals surface area (Å²) >= 11 is 0. The molecule has 0 bridgehead atoms. The first-order valence-corrected chi connectivity index (χ1v) is 5.80. The van der Waals surface area contributed by atoms with Gasteiger partial charge in [0.1, 0.15) is 5.69 Å². The van der Waals surface area contributed by atoms with Gasteiger partial charge >= 0.3 is 0 Å². The van der Waals surface area contributed by atoms with E-state index < -0.39 is 0 Å². The first-order chi connectivity index (χ1) is 8.06. The Labute approximate surface area is 102 Å². The third kappa shape index (κ3) is 3.78. The minimum Gasteiger partial charge on any atom is -0.397 e. The number of nitrogens with one attached hydrogen (secondary N) is 1. The van der Waals surface area contributed by atoms with Crippen LogP contribution in [0.15, 0.2) is 12.3 Å². The summed E-state index contributed by atoms with van der Waals surface area (Å²) in [7, 11) is 1.65. The highest BCUT2D eigenvalue weighted by atomic mass is 16.5. The van der Waals surface area contributed by atoms with Gasteiger partial charge in [0, 0.05) is 32.5 Å². The van der Waals surface area contributed by atoms with Crippen molar-refractivity contribution in [1.29, 1.82) is 0 Å². The lowest BCUT2D eigenvalue weighted by Crippen LogP contribution is -2.27. The number of ether oxygens (including phenoxy) is 1. The van der Waals surface area contributed by atoms with Crippen LogP contribution < -0.4 is 11.1 Å². The first kappa shape index (κ1) is 13.6. The molecule has 96 valence electrons. The largest absolute Gasteiger partial charge is 0.397 e. The molecular formula is C12H21N3O2. The van der Waals surface area contributed by atoms with Gasteiger partial charge in [0.25, 0.3) is 5.91 Å². The summed E-state index contributed by atoms with van der Waals surface area (Å²) in [6, 6.07) is 1.91. The van der Waals surface area contributed by atoms with Crippen LogP contribution in [0, 0.1) is 0 Å². The monoisotopic (exact) mass is 239 g/mol. The third-order valence-electron chi connectivity index (χ3n) is 2.47. The van der Waals surface area contributed by atoms with Gasteiger partial charge in [-0.1, -0.05) is 0 Å². The molecule has 5 heteroatoms. The Morgan fingerprint density at radius 2 is 2.29 bits per heavy atom. The maximum absolute atomic E-state index is 11.9. The zero-order valence-corrected chi connectivity index (χ0v) is 10.7. The molecule has 1 aromatic rings. The summed E-state index contributed by atoms with van der Waals surface area (Å²) in [5, 5.41) is 2.85. The number of nitrogens with two attached hydrogens (primary N) is 1. The second kappa shape index (κ2) is 6.30. The molecule has 1 rings (SSSR count). The van der Waals surface area contributed by atoms with Crippen LogP contribution in [0.1, 0.15) is 36.8 Å². The number of hydrogen-bond donors (Lipinski definition) is 2. The number of anilines is 1. The van der Waals surface area contributed by atoms with Gasteiger partial charge in [-0.15, -0.1) is 0 Å². The van der Waals surface area contributed by atoms with Crippen LogP contribution in [0.3, 0.4) is 0 Å². The Hall–Kier alpha value is -1.49. The molecule has 0 saturated heterocycles. The van der Waals surface area contributed by atoms with E-state index in [0.717, 1.165) is 6.42 Å². The van der Waals surface area contributed by atoms with Crippen LogP contribution >= 0.6 is 0 Å². The second-order valence-corrected chi connectivity index (χ2v) is 4.26. The van der Waals surface area contributed by atoms with Crippen molar-refractivity contribution in [2.24, 2.45) is 0 Å². The summed E-state index contributed by atoms with van der Waals surface area (Å²) in [5.74, 6) is -0.0912. The highest BCUT2D eigenvalue weighted by Crippen LogP contribution is 2.16. The Morgan fingerprint density at radius 1 is 1.59 bits per heavy atom. The van der Waals surface area contributed by atoms with Crippen molar-refractivity contribution in [2.75, 3.05) is 26.0 Å². The molecule has 1 heterocycles. The summed E-state index contributed by atoms with van der Waals surface area (Å²) in [5.41, 5.74) is 6.93. The van der Waals surface area contributed by atoms with Crippen LogP contribution in [0.2, 0.25) is 0 Å². The summed E-state index contributed by atoms with van der Waals surface area (Å²) in [6.07, 6.45) is 2.59. The van der Waals surface area contributed by atoms with Gasteiger partial charge in [-0.05, 0) is 26.3 Å². The molecular weight excluding hydrogens is 218 g/mol.